The highest BCUT2D eigenvalue weighted by Crippen LogP contribution is 2.64. The lowest BCUT2D eigenvalue weighted by Crippen LogP contribution is -2.58. The molecule has 2 N–H and O–H groups in total. The first-order valence-corrected chi connectivity index (χ1v) is 9.66. The Balaban J connectivity index is 1.26. The number of hydrogen-bond acceptors (Lipinski definition) is 2. The standard InChI is InChI=1S/C23H24N2O2/c1-15-2-4-16(5-3-15)13-27-14-17-6-7-20-19(8-17)21(12-24-20)25-22(26)23-9-18(10-23)11-23/h2-8,12,18,24H,9-11,13-14H2,1H3,(H,25,26). The van der Waals surface area contributed by atoms with Crippen LogP contribution in [-0.4, -0.2) is 10.9 Å². The van der Waals surface area contributed by atoms with E-state index in [-0.39, 0.29) is 11.3 Å². The second kappa shape index (κ2) is 6.24. The van der Waals surface area contributed by atoms with E-state index < -0.39 is 0 Å². The zero-order valence-electron chi connectivity index (χ0n) is 15.5. The molecule has 27 heavy (non-hydrogen) atoms. The van der Waals surface area contributed by atoms with Crippen LogP contribution in [0.15, 0.2) is 48.7 Å². The van der Waals surface area contributed by atoms with E-state index in [9.17, 15) is 4.79 Å². The Morgan fingerprint density at radius 1 is 1.11 bits per heavy atom. The van der Waals surface area contributed by atoms with Crippen LogP contribution in [-0.2, 0) is 22.7 Å². The quantitative estimate of drug-likeness (QED) is 0.655. The first kappa shape index (κ1) is 16.6. The maximum absolute atomic E-state index is 12.6. The molecule has 0 aliphatic heterocycles. The van der Waals surface area contributed by atoms with Crippen LogP contribution < -0.4 is 5.32 Å². The minimum atomic E-state index is -0.0664. The van der Waals surface area contributed by atoms with Crippen molar-refractivity contribution in [2.45, 2.75) is 39.4 Å². The first-order chi connectivity index (χ1) is 13.1. The van der Waals surface area contributed by atoms with Crippen molar-refractivity contribution in [1.82, 2.24) is 4.98 Å². The summed E-state index contributed by atoms with van der Waals surface area (Å²) in [6.45, 7) is 3.23. The maximum atomic E-state index is 12.6. The van der Waals surface area contributed by atoms with Crippen molar-refractivity contribution in [2.75, 3.05) is 5.32 Å². The summed E-state index contributed by atoms with van der Waals surface area (Å²) in [7, 11) is 0. The lowest BCUT2D eigenvalue weighted by Gasteiger charge is -2.60. The molecule has 3 saturated carbocycles. The lowest BCUT2D eigenvalue weighted by atomic mass is 9.44. The van der Waals surface area contributed by atoms with Crippen LogP contribution in [0.1, 0.15) is 36.0 Å². The number of aryl methyl sites for hydroxylation is 1. The summed E-state index contributed by atoms with van der Waals surface area (Å²) < 4.78 is 5.88. The third-order valence-electron chi connectivity index (χ3n) is 6.17. The number of nitrogens with one attached hydrogen (secondary N) is 2. The van der Waals surface area contributed by atoms with Crippen LogP contribution in [0.25, 0.3) is 10.9 Å². The van der Waals surface area contributed by atoms with Crippen LogP contribution >= 0.6 is 0 Å². The smallest absolute Gasteiger partial charge is 0.230 e. The van der Waals surface area contributed by atoms with Gasteiger partial charge in [0.2, 0.25) is 5.91 Å². The number of benzene rings is 2. The Labute approximate surface area is 158 Å². The van der Waals surface area contributed by atoms with Crippen molar-refractivity contribution in [2.24, 2.45) is 11.3 Å². The molecule has 3 aromatic rings. The predicted octanol–water partition coefficient (Wildman–Crippen LogP) is 4.93. The van der Waals surface area contributed by atoms with Crippen LogP contribution in [0.5, 0.6) is 0 Å². The average molecular weight is 360 g/mol. The molecular weight excluding hydrogens is 336 g/mol. The molecule has 3 aliphatic carbocycles. The van der Waals surface area contributed by atoms with Gasteiger partial charge >= 0.3 is 0 Å². The number of carbonyl (C=O) groups excluding carboxylic acids is 1. The van der Waals surface area contributed by atoms with Gasteiger partial charge in [-0.2, -0.15) is 0 Å². The summed E-state index contributed by atoms with van der Waals surface area (Å²) in [4.78, 5) is 15.8. The summed E-state index contributed by atoms with van der Waals surface area (Å²) in [6, 6.07) is 14.6. The molecule has 0 unspecified atom stereocenters. The van der Waals surface area contributed by atoms with Gasteiger partial charge in [0.05, 0.1) is 24.3 Å². The molecule has 3 aliphatic rings. The minimum Gasteiger partial charge on any atom is -0.372 e. The van der Waals surface area contributed by atoms with Crippen molar-refractivity contribution in [3.05, 3.63) is 65.4 Å². The summed E-state index contributed by atoms with van der Waals surface area (Å²) in [5, 5.41) is 4.20. The summed E-state index contributed by atoms with van der Waals surface area (Å²) in [5.41, 5.74) is 5.38. The van der Waals surface area contributed by atoms with Crippen LogP contribution in [0.3, 0.4) is 0 Å². The number of fused-ring (bicyclic) bond motifs is 1. The van der Waals surface area contributed by atoms with Gasteiger partial charge in [0, 0.05) is 17.1 Å². The van der Waals surface area contributed by atoms with Crippen molar-refractivity contribution in [1.29, 1.82) is 0 Å². The van der Waals surface area contributed by atoms with Gasteiger partial charge in [-0.05, 0) is 55.4 Å². The van der Waals surface area contributed by atoms with Crippen LogP contribution in [0.2, 0.25) is 0 Å². The Morgan fingerprint density at radius 3 is 2.52 bits per heavy atom. The molecule has 1 heterocycles. The molecule has 2 aromatic carbocycles. The summed E-state index contributed by atoms with van der Waals surface area (Å²) >= 11 is 0. The molecule has 1 aromatic heterocycles. The number of ether oxygens (including phenoxy) is 1. The van der Waals surface area contributed by atoms with Gasteiger partial charge in [-0.1, -0.05) is 35.9 Å². The number of aromatic nitrogens is 1. The van der Waals surface area contributed by atoms with Gasteiger partial charge in [-0.15, -0.1) is 0 Å². The lowest BCUT2D eigenvalue weighted by molar-refractivity contribution is -0.158. The number of aromatic amines is 1. The molecule has 1 amide bonds. The molecule has 0 atom stereocenters. The highest BCUT2D eigenvalue weighted by Gasteiger charge is 2.61. The summed E-state index contributed by atoms with van der Waals surface area (Å²) in [5.74, 6) is 0.989. The Morgan fingerprint density at radius 2 is 1.81 bits per heavy atom. The minimum absolute atomic E-state index is 0.0664. The Hall–Kier alpha value is -2.59. The fraction of sp³-hybridized carbons (Fsp3) is 0.348. The van der Waals surface area contributed by atoms with Crippen molar-refractivity contribution >= 4 is 22.5 Å². The monoisotopic (exact) mass is 360 g/mol. The third kappa shape index (κ3) is 2.94. The molecule has 0 spiro atoms. The largest absolute Gasteiger partial charge is 0.372 e. The van der Waals surface area contributed by atoms with E-state index in [1.165, 1.54) is 11.1 Å². The zero-order valence-corrected chi connectivity index (χ0v) is 15.5. The first-order valence-electron chi connectivity index (χ1n) is 9.66. The second-order valence-electron chi connectivity index (χ2n) is 8.27. The van der Waals surface area contributed by atoms with E-state index in [2.05, 4.69) is 59.7 Å². The fourth-order valence-electron chi connectivity index (χ4n) is 4.34. The topological polar surface area (TPSA) is 54.1 Å². The number of carbonyl (C=O) groups is 1. The SMILES string of the molecule is Cc1ccc(COCc2ccc3[nH]cc(NC(=O)C45CC(C4)C5)c3c2)cc1. The third-order valence-corrected chi connectivity index (χ3v) is 6.17. The van der Waals surface area contributed by atoms with E-state index in [1.54, 1.807) is 0 Å². The number of rotatable bonds is 6. The maximum Gasteiger partial charge on any atom is 0.230 e. The highest BCUT2D eigenvalue weighted by molar-refractivity contribution is 6.04. The van der Waals surface area contributed by atoms with Crippen LogP contribution in [0, 0.1) is 18.3 Å². The molecular formula is C23H24N2O2. The molecule has 4 nitrogen and oxygen atoms in total. The second-order valence-corrected chi connectivity index (χ2v) is 8.27. The Kier molecular flexibility index (Phi) is 3.83. The van der Waals surface area contributed by atoms with E-state index in [0.717, 1.165) is 47.3 Å². The number of hydrogen-bond donors (Lipinski definition) is 2. The molecule has 4 heteroatoms. The van der Waals surface area contributed by atoms with E-state index in [0.29, 0.717) is 13.2 Å². The highest BCUT2D eigenvalue weighted by atomic mass is 16.5. The summed E-state index contributed by atoms with van der Waals surface area (Å²) in [6.07, 6.45) is 5.10. The predicted molar refractivity (Wildman–Crippen MR) is 106 cm³/mol. The molecule has 3 fully saturated rings. The van der Waals surface area contributed by atoms with Gasteiger partial charge in [0.15, 0.2) is 0 Å². The van der Waals surface area contributed by atoms with Gasteiger partial charge in [0.1, 0.15) is 0 Å². The van der Waals surface area contributed by atoms with E-state index in [4.69, 9.17) is 4.74 Å². The van der Waals surface area contributed by atoms with E-state index >= 15 is 0 Å². The van der Waals surface area contributed by atoms with Crippen molar-refractivity contribution in [3.8, 4) is 0 Å². The van der Waals surface area contributed by atoms with E-state index in [1.807, 2.05) is 6.20 Å². The molecule has 0 saturated heterocycles. The Bertz CT molecular complexity index is 986. The van der Waals surface area contributed by atoms with Gasteiger partial charge in [-0.3, -0.25) is 4.79 Å². The number of anilines is 1. The normalized spacial score (nSPS) is 22.9. The van der Waals surface area contributed by atoms with Gasteiger partial charge in [-0.25, -0.2) is 0 Å². The van der Waals surface area contributed by atoms with Gasteiger partial charge < -0.3 is 15.0 Å². The van der Waals surface area contributed by atoms with Crippen molar-refractivity contribution in [3.63, 3.8) is 0 Å². The molecule has 6 rings (SSSR count). The molecule has 138 valence electrons. The number of H-pyrrole nitrogens is 1. The average Bonchev–Trinajstić information content (AvgIpc) is 2.96. The van der Waals surface area contributed by atoms with Crippen molar-refractivity contribution < 1.29 is 9.53 Å². The number of amides is 1. The van der Waals surface area contributed by atoms with Gasteiger partial charge in [0.25, 0.3) is 0 Å². The molecule has 2 bridgehead atoms. The fourth-order valence-corrected chi connectivity index (χ4v) is 4.34. The van der Waals surface area contributed by atoms with Crippen LogP contribution in [0.4, 0.5) is 5.69 Å². The molecule has 0 radical (unpaired) electrons. The zero-order chi connectivity index (χ0) is 18.4.